The van der Waals surface area contributed by atoms with E-state index in [2.05, 4.69) is 36.1 Å². The van der Waals surface area contributed by atoms with Gasteiger partial charge in [0.1, 0.15) is 0 Å². The van der Waals surface area contributed by atoms with Gasteiger partial charge in [0, 0.05) is 38.6 Å². The molecule has 2 aliphatic rings. The molecule has 2 fully saturated rings. The van der Waals surface area contributed by atoms with Crippen molar-refractivity contribution in [2.75, 3.05) is 32.7 Å². The minimum Gasteiger partial charge on any atom is -0.392 e. The van der Waals surface area contributed by atoms with Gasteiger partial charge in [0.25, 0.3) is 0 Å². The van der Waals surface area contributed by atoms with Crippen LogP contribution in [0.1, 0.15) is 30.4 Å². The Morgan fingerprint density at radius 3 is 2.68 bits per heavy atom. The van der Waals surface area contributed by atoms with Crippen LogP contribution in [0.25, 0.3) is 0 Å². The van der Waals surface area contributed by atoms with E-state index in [0.717, 1.165) is 32.6 Å². The maximum Gasteiger partial charge on any atom is 0.226 e. The molecule has 0 unspecified atom stereocenters. The van der Waals surface area contributed by atoms with Crippen LogP contribution in [-0.4, -0.2) is 59.6 Å². The Labute approximate surface area is 132 Å². The molecule has 1 heterocycles. The monoisotopic (exact) mass is 302 g/mol. The molecule has 3 atom stereocenters. The Hall–Kier alpha value is -1.39. The molecule has 4 nitrogen and oxygen atoms in total. The van der Waals surface area contributed by atoms with E-state index < -0.39 is 0 Å². The van der Waals surface area contributed by atoms with Gasteiger partial charge in [-0.1, -0.05) is 29.8 Å². The van der Waals surface area contributed by atoms with Crippen LogP contribution < -0.4 is 0 Å². The van der Waals surface area contributed by atoms with Gasteiger partial charge in [-0.05, 0) is 31.7 Å². The summed E-state index contributed by atoms with van der Waals surface area (Å²) in [6.07, 6.45) is 0.701. The molecule has 120 valence electrons. The molecule has 0 bridgehead atoms. The second kappa shape index (κ2) is 6.39. The van der Waals surface area contributed by atoms with Crippen molar-refractivity contribution in [1.82, 2.24) is 9.80 Å². The van der Waals surface area contributed by atoms with Gasteiger partial charge in [0.15, 0.2) is 0 Å². The van der Waals surface area contributed by atoms with Crippen LogP contribution in [0.4, 0.5) is 0 Å². The number of carbonyl (C=O) groups is 1. The summed E-state index contributed by atoms with van der Waals surface area (Å²) in [6, 6.07) is 8.54. The van der Waals surface area contributed by atoms with Gasteiger partial charge in [-0.25, -0.2) is 0 Å². The molecule has 1 amide bonds. The first-order valence-corrected chi connectivity index (χ1v) is 8.30. The van der Waals surface area contributed by atoms with Crippen molar-refractivity contribution in [3.05, 3.63) is 35.4 Å². The van der Waals surface area contributed by atoms with Crippen molar-refractivity contribution in [2.24, 2.45) is 5.92 Å². The molecule has 0 radical (unpaired) electrons. The maximum atomic E-state index is 12.6. The molecule has 1 aromatic rings. The smallest absolute Gasteiger partial charge is 0.226 e. The Kier molecular flexibility index (Phi) is 4.50. The van der Waals surface area contributed by atoms with E-state index in [1.807, 2.05) is 11.8 Å². The summed E-state index contributed by atoms with van der Waals surface area (Å²) >= 11 is 0. The highest BCUT2D eigenvalue weighted by Crippen LogP contribution is 2.48. The van der Waals surface area contributed by atoms with Crippen LogP contribution >= 0.6 is 0 Å². The third kappa shape index (κ3) is 3.50. The molecule has 3 rings (SSSR count). The van der Waals surface area contributed by atoms with Crippen molar-refractivity contribution < 1.29 is 9.90 Å². The van der Waals surface area contributed by atoms with Crippen molar-refractivity contribution in [2.45, 2.75) is 32.3 Å². The van der Waals surface area contributed by atoms with Crippen molar-refractivity contribution in [1.29, 1.82) is 0 Å². The highest BCUT2D eigenvalue weighted by atomic mass is 16.3. The number of rotatable bonds is 4. The number of hydrogen-bond donors (Lipinski definition) is 1. The van der Waals surface area contributed by atoms with Gasteiger partial charge in [-0.3, -0.25) is 9.69 Å². The molecule has 1 aliphatic heterocycles. The molecule has 0 aromatic heterocycles. The lowest BCUT2D eigenvalue weighted by molar-refractivity contribution is -0.134. The number of β-amino-alcohol motifs (C(OH)–C–C–N with tert-alkyl or cyclic N) is 1. The number of aliphatic hydroxyl groups excluding tert-OH is 1. The molecular weight excluding hydrogens is 276 g/mol. The van der Waals surface area contributed by atoms with Gasteiger partial charge >= 0.3 is 0 Å². The lowest BCUT2D eigenvalue weighted by Crippen LogP contribution is -2.50. The Morgan fingerprint density at radius 2 is 2.05 bits per heavy atom. The standard InChI is InChI=1S/C18H26N2O2/c1-13-4-3-5-15(10-13)16-11-17(16)18(22)20-8-6-19(7-9-20)12-14(2)21/h3-5,10,14,16-17,21H,6-9,11-12H2,1-2H3/t14-,16-,17-/m0/s1. The summed E-state index contributed by atoms with van der Waals surface area (Å²) in [5.41, 5.74) is 2.58. The molecule has 4 heteroatoms. The fourth-order valence-corrected chi connectivity index (χ4v) is 3.50. The molecular formula is C18H26N2O2. The topological polar surface area (TPSA) is 43.8 Å². The van der Waals surface area contributed by atoms with Crippen LogP contribution in [0.2, 0.25) is 0 Å². The van der Waals surface area contributed by atoms with Gasteiger partial charge in [0.05, 0.1) is 6.10 Å². The van der Waals surface area contributed by atoms with E-state index in [1.165, 1.54) is 11.1 Å². The number of nitrogens with zero attached hydrogens (tertiary/aromatic N) is 2. The first-order chi connectivity index (χ1) is 10.5. The average molecular weight is 302 g/mol. The average Bonchev–Trinajstić information content (AvgIpc) is 3.27. The van der Waals surface area contributed by atoms with Gasteiger partial charge in [0.2, 0.25) is 5.91 Å². The van der Waals surface area contributed by atoms with Crippen molar-refractivity contribution in [3.8, 4) is 0 Å². The number of hydrogen-bond acceptors (Lipinski definition) is 3. The molecule has 1 saturated carbocycles. The number of aryl methyl sites for hydroxylation is 1. The summed E-state index contributed by atoms with van der Waals surface area (Å²) in [6.45, 7) is 7.96. The molecule has 1 N–H and O–H groups in total. The number of piperazine rings is 1. The third-order valence-electron chi connectivity index (χ3n) is 4.78. The lowest BCUT2D eigenvalue weighted by Gasteiger charge is -2.35. The van der Waals surface area contributed by atoms with Gasteiger partial charge in [-0.15, -0.1) is 0 Å². The normalized spacial score (nSPS) is 26.8. The highest BCUT2D eigenvalue weighted by molar-refractivity contribution is 5.83. The molecule has 1 aliphatic carbocycles. The quantitative estimate of drug-likeness (QED) is 0.919. The predicted octanol–water partition coefficient (Wildman–Crippen LogP) is 1.62. The van der Waals surface area contributed by atoms with Crippen LogP contribution in [0.5, 0.6) is 0 Å². The largest absolute Gasteiger partial charge is 0.392 e. The summed E-state index contributed by atoms with van der Waals surface area (Å²) < 4.78 is 0. The lowest BCUT2D eigenvalue weighted by atomic mass is 10.1. The van der Waals surface area contributed by atoms with Crippen LogP contribution in [0.3, 0.4) is 0 Å². The first-order valence-electron chi connectivity index (χ1n) is 8.30. The van der Waals surface area contributed by atoms with Crippen molar-refractivity contribution in [3.63, 3.8) is 0 Å². The van der Waals surface area contributed by atoms with Gasteiger partial charge in [-0.2, -0.15) is 0 Å². The Balaban J connectivity index is 1.52. The molecule has 22 heavy (non-hydrogen) atoms. The SMILES string of the molecule is Cc1cccc([C@@H]2C[C@@H]2C(=O)N2CCN(C[C@H](C)O)CC2)c1. The minimum absolute atomic E-state index is 0.185. The highest BCUT2D eigenvalue weighted by Gasteiger charge is 2.46. The Bertz CT molecular complexity index is 536. The van der Waals surface area contributed by atoms with E-state index in [9.17, 15) is 9.90 Å². The zero-order chi connectivity index (χ0) is 15.7. The maximum absolute atomic E-state index is 12.6. The zero-order valence-corrected chi connectivity index (χ0v) is 13.5. The third-order valence-corrected chi connectivity index (χ3v) is 4.78. The first kappa shape index (κ1) is 15.5. The van der Waals surface area contributed by atoms with E-state index in [0.29, 0.717) is 18.4 Å². The van der Waals surface area contributed by atoms with Crippen LogP contribution in [0, 0.1) is 12.8 Å². The van der Waals surface area contributed by atoms with Crippen molar-refractivity contribution >= 4 is 5.91 Å². The van der Waals surface area contributed by atoms with E-state index in [-0.39, 0.29) is 12.0 Å². The fraction of sp³-hybridized carbons (Fsp3) is 0.611. The van der Waals surface area contributed by atoms with E-state index >= 15 is 0 Å². The molecule has 1 aromatic carbocycles. The number of amides is 1. The summed E-state index contributed by atoms with van der Waals surface area (Å²) in [4.78, 5) is 16.9. The minimum atomic E-state index is -0.295. The van der Waals surface area contributed by atoms with Crippen LogP contribution in [-0.2, 0) is 4.79 Å². The van der Waals surface area contributed by atoms with Crippen LogP contribution in [0.15, 0.2) is 24.3 Å². The van der Waals surface area contributed by atoms with E-state index in [1.54, 1.807) is 0 Å². The Morgan fingerprint density at radius 1 is 1.32 bits per heavy atom. The number of aliphatic hydroxyl groups is 1. The molecule has 1 saturated heterocycles. The summed E-state index contributed by atoms with van der Waals surface area (Å²) in [7, 11) is 0. The summed E-state index contributed by atoms with van der Waals surface area (Å²) in [5.74, 6) is 0.927. The zero-order valence-electron chi connectivity index (χ0n) is 13.5. The second-order valence-electron chi connectivity index (χ2n) is 6.84. The number of benzene rings is 1. The fourth-order valence-electron chi connectivity index (χ4n) is 3.50. The summed E-state index contributed by atoms with van der Waals surface area (Å²) in [5, 5.41) is 9.44. The van der Waals surface area contributed by atoms with E-state index in [4.69, 9.17) is 0 Å². The predicted molar refractivity (Wildman–Crippen MR) is 86.7 cm³/mol. The molecule has 0 spiro atoms. The second-order valence-corrected chi connectivity index (χ2v) is 6.84. The van der Waals surface area contributed by atoms with Gasteiger partial charge < -0.3 is 10.0 Å². The number of carbonyl (C=O) groups excluding carboxylic acids is 1.